The molecule has 1 atom stereocenters. The number of ether oxygens (including phenoxy) is 1. The van der Waals surface area contributed by atoms with E-state index in [9.17, 15) is 8.42 Å². The standard InChI is InChI=1S/C31H26ClN5O3S/c1-40-23-15-12-20(13-16-23)29-19-28(24-10-6-7-11-27(24)36-41(2,38)39)35-37(29)31-33-26-17-14-22(32)18-25(26)30(34-31)21-8-4-3-5-9-21/h3-18,29,36H,19H2,1-2H3/t29-/m1/s1. The Morgan fingerprint density at radius 3 is 2.39 bits per heavy atom. The second-order valence-electron chi connectivity index (χ2n) is 9.70. The highest BCUT2D eigenvalue weighted by atomic mass is 35.5. The third kappa shape index (κ3) is 5.59. The second-order valence-corrected chi connectivity index (χ2v) is 11.9. The fourth-order valence-corrected chi connectivity index (χ4v) is 5.72. The first-order valence-electron chi connectivity index (χ1n) is 12.9. The summed E-state index contributed by atoms with van der Waals surface area (Å²) in [5.74, 6) is 1.16. The number of hydrogen-bond donors (Lipinski definition) is 1. The largest absolute Gasteiger partial charge is 0.497 e. The van der Waals surface area contributed by atoms with Crippen LogP contribution >= 0.6 is 11.6 Å². The number of rotatable bonds is 7. The van der Waals surface area contributed by atoms with Crippen LogP contribution < -0.4 is 14.5 Å². The highest BCUT2D eigenvalue weighted by Gasteiger charge is 2.33. The van der Waals surface area contributed by atoms with Crippen molar-refractivity contribution in [2.45, 2.75) is 12.5 Å². The summed E-state index contributed by atoms with van der Waals surface area (Å²) in [5, 5.41) is 8.25. The van der Waals surface area contributed by atoms with Crippen molar-refractivity contribution in [1.29, 1.82) is 0 Å². The number of aromatic nitrogens is 2. The minimum absolute atomic E-state index is 0.254. The summed E-state index contributed by atoms with van der Waals surface area (Å²) < 4.78 is 32.2. The molecule has 1 aliphatic heterocycles. The Balaban J connectivity index is 1.53. The average molecular weight is 584 g/mol. The Labute approximate surface area is 243 Å². The average Bonchev–Trinajstić information content (AvgIpc) is 3.42. The van der Waals surface area contributed by atoms with Crippen LogP contribution in [0.25, 0.3) is 22.2 Å². The van der Waals surface area contributed by atoms with Crippen LogP contribution in [0.3, 0.4) is 0 Å². The SMILES string of the molecule is COc1ccc([C@H]2CC(c3ccccc3NS(C)(=O)=O)=NN2c2nc(-c3ccccc3)c3cc(Cl)ccc3n2)cc1. The van der Waals surface area contributed by atoms with E-state index in [4.69, 9.17) is 31.4 Å². The van der Waals surface area contributed by atoms with Gasteiger partial charge in [0.2, 0.25) is 16.0 Å². The lowest BCUT2D eigenvalue weighted by molar-refractivity contribution is 0.414. The van der Waals surface area contributed by atoms with Gasteiger partial charge in [0, 0.05) is 28.0 Å². The summed E-state index contributed by atoms with van der Waals surface area (Å²) in [6, 6.07) is 30.2. The van der Waals surface area contributed by atoms with Crippen molar-refractivity contribution in [3.63, 3.8) is 0 Å². The van der Waals surface area contributed by atoms with Crippen LogP contribution in [0.15, 0.2) is 102 Å². The number of fused-ring (bicyclic) bond motifs is 1. The normalized spacial score (nSPS) is 15.1. The van der Waals surface area contributed by atoms with E-state index in [2.05, 4.69) is 4.72 Å². The van der Waals surface area contributed by atoms with E-state index in [0.717, 1.165) is 39.7 Å². The van der Waals surface area contributed by atoms with Crippen molar-refractivity contribution in [3.05, 3.63) is 113 Å². The van der Waals surface area contributed by atoms with Crippen molar-refractivity contribution in [1.82, 2.24) is 9.97 Å². The van der Waals surface area contributed by atoms with Crippen LogP contribution in [0, 0.1) is 0 Å². The van der Waals surface area contributed by atoms with Crippen molar-refractivity contribution in [3.8, 4) is 17.0 Å². The molecule has 5 aromatic rings. The van der Waals surface area contributed by atoms with Crippen LogP contribution in [0.1, 0.15) is 23.6 Å². The van der Waals surface area contributed by atoms with Gasteiger partial charge in [-0.15, -0.1) is 0 Å². The zero-order valence-electron chi connectivity index (χ0n) is 22.3. The lowest BCUT2D eigenvalue weighted by Gasteiger charge is -2.23. The molecule has 0 spiro atoms. The molecule has 206 valence electrons. The Kier molecular flexibility index (Phi) is 7.07. The summed E-state index contributed by atoms with van der Waals surface area (Å²) in [6.07, 6.45) is 1.63. The third-order valence-electron chi connectivity index (χ3n) is 6.84. The Bertz CT molecular complexity index is 1880. The summed E-state index contributed by atoms with van der Waals surface area (Å²) in [4.78, 5) is 9.94. The monoisotopic (exact) mass is 583 g/mol. The molecule has 41 heavy (non-hydrogen) atoms. The van der Waals surface area contributed by atoms with Gasteiger partial charge >= 0.3 is 0 Å². The van der Waals surface area contributed by atoms with Gasteiger partial charge < -0.3 is 4.74 Å². The zero-order valence-corrected chi connectivity index (χ0v) is 23.9. The molecule has 10 heteroatoms. The van der Waals surface area contributed by atoms with E-state index in [1.807, 2.05) is 89.9 Å². The molecule has 0 saturated heterocycles. The van der Waals surface area contributed by atoms with Gasteiger partial charge in [0.05, 0.1) is 42.0 Å². The van der Waals surface area contributed by atoms with Crippen molar-refractivity contribution in [2.24, 2.45) is 5.10 Å². The molecule has 0 unspecified atom stereocenters. The van der Waals surface area contributed by atoms with Crippen molar-refractivity contribution >= 4 is 49.9 Å². The molecule has 8 nitrogen and oxygen atoms in total. The maximum Gasteiger partial charge on any atom is 0.247 e. The molecule has 4 aromatic carbocycles. The predicted octanol–water partition coefficient (Wildman–Crippen LogP) is 6.69. The fraction of sp³-hybridized carbons (Fsp3) is 0.129. The first-order valence-corrected chi connectivity index (χ1v) is 15.2. The number of halogens is 1. The summed E-state index contributed by atoms with van der Waals surface area (Å²) >= 11 is 6.37. The molecule has 0 aliphatic carbocycles. The molecule has 6 rings (SSSR count). The number of nitrogens with zero attached hydrogens (tertiary/aromatic N) is 4. The van der Waals surface area contributed by atoms with E-state index < -0.39 is 10.0 Å². The van der Waals surface area contributed by atoms with Crippen LogP contribution in [-0.4, -0.2) is 37.5 Å². The van der Waals surface area contributed by atoms with Gasteiger partial charge in [0.15, 0.2) is 0 Å². The number of anilines is 2. The zero-order chi connectivity index (χ0) is 28.6. The molecule has 0 fully saturated rings. The molecule has 0 saturated carbocycles. The van der Waals surface area contributed by atoms with E-state index in [0.29, 0.717) is 34.4 Å². The van der Waals surface area contributed by atoms with E-state index >= 15 is 0 Å². The van der Waals surface area contributed by atoms with Gasteiger partial charge in [0.1, 0.15) is 5.75 Å². The third-order valence-corrected chi connectivity index (χ3v) is 7.67. The number of sulfonamides is 1. The fourth-order valence-electron chi connectivity index (χ4n) is 4.97. The van der Waals surface area contributed by atoms with Gasteiger partial charge in [-0.25, -0.2) is 23.4 Å². The summed E-state index contributed by atoms with van der Waals surface area (Å²) in [7, 11) is -1.87. The molecule has 0 radical (unpaired) electrons. The van der Waals surface area contributed by atoms with E-state index in [1.165, 1.54) is 0 Å². The first kappa shape index (κ1) is 26.7. The number of para-hydroxylation sites is 1. The van der Waals surface area contributed by atoms with Gasteiger partial charge in [0.25, 0.3) is 0 Å². The molecule has 1 aliphatic rings. The molecular formula is C31H26ClN5O3S. The second kappa shape index (κ2) is 10.8. The minimum atomic E-state index is -3.50. The molecular weight excluding hydrogens is 558 g/mol. The van der Waals surface area contributed by atoms with Gasteiger partial charge in [-0.3, -0.25) is 4.72 Å². The predicted molar refractivity (Wildman–Crippen MR) is 164 cm³/mol. The number of hydrogen-bond acceptors (Lipinski definition) is 7. The van der Waals surface area contributed by atoms with Gasteiger partial charge in [-0.05, 0) is 42.0 Å². The minimum Gasteiger partial charge on any atom is -0.497 e. The number of methoxy groups -OCH3 is 1. The molecule has 2 heterocycles. The van der Waals surface area contributed by atoms with E-state index in [-0.39, 0.29) is 6.04 Å². The number of hydrazone groups is 1. The van der Waals surface area contributed by atoms with Crippen LogP contribution in [0.5, 0.6) is 5.75 Å². The van der Waals surface area contributed by atoms with Crippen molar-refractivity contribution < 1.29 is 13.2 Å². The Morgan fingerprint density at radius 1 is 0.927 bits per heavy atom. The number of benzene rings is 4. The van der Waals surface area contributed by atoms with Crippen LogP contribution in [0.2, 0.25) is 5.02 Å². The highest BCUT2D eigenvalue weighted by molar-refractivity contribution is 7.92. The number of nitrogens with one attached hydrogen (secondary N) is 1. The van der Waals surface area contributed by atoms with Crippen LogP contribution in [-0.2, 0) is 10.0 Å². The quantitative estimate of drug-likeness (QED) is 0.229. The topological polar surface area (TPSA) is 96.8 Å². The lowest BCUT2D eigenvalue weighted by Crippen LogP contribution is -2.21. The molecule has 1 aromatic heterocycles. The highest BCUT2D eigenvalue weighted by Crippen LogP contribution is 2.39. The van der Waals surface area contributed by atoms with Crippen LogP contribution in [0.4, 0.5) is 11.6 Å². The van der Waals surface area contributed by atoms with E-state index in [1.54, 1.807) is 19.2 Å². The molecule has 0 amide bonds. The van der Waals surface area contributed by atoms with Gasteiger partial charge in [-0.2, -0.15) is 5.10 Å². The Morgan fingerprint density at radius 2 is 1.66 bits per heavy atom. The maximum absolute atomic E-state index is 12.1. The van der Waals surface area contributed by atoms with Gasteiger partial charge in [-0.1, -0.05) is 72.3 Å². The molecule has 0 bridgehead atoms. The first-order chi connectivity index (χ1) is 19.8. The smallest absolute Gasteiger partial charge is 0.247 e. The van der Waals surface area contributed by atoms with Crippen molar-refractivity contribution in [2.75, 3.05) is 23.1 Å². The lowest BCUT2D eigenvalue weighted by atomic mass is 9.97. The Hall–Kier alpha value is -4.47. The maximum atomic E-state index is 12.1. The molecule has 1 N–H and O–H groups in total. The summed E-state index contributed by atoms with van der Waals surface area (Å²) in [5.41, 5.74) is 5.24. The summed E-state index contributed by atoms with van der Waals surface area (Å²) in [6.45, 7) is 0.